The number of nitriles is 2. The maximum atomic E-state index is 11.9. The highest BCUT2D eigenvalue weighted by Crippen LogP contribution is 2.36. The van der Waals surface area contributed by atoms with Gasteiger partial charge in [0.25, 0.3) is 11.8 Å². The van der Waals surface area contributed by atoms with E-state index in [0.717, 1.165) is 24.0 Å². The fraction of sp³-hybridized carbons (Fsp3) is 0.125. The topological polar surface area (TPSA) is 261 Å². The summed E-state index contributed by atoms with van der Waals surface area (Å²) in [4.78, 5) is 40.4. The number of aryl methyl sites for hydroxylation is 2. The number of amides is 2. The zero-order chi connectivity index (χ0) is 44.6. The first-order valence-electron chi connectivity index (χ1n) is 19.7. The number of fused-ring (bicyclic) bond motifs is 4. The highest BCUT2D eigenvalue weighted by molar-refractivity contribution is 6.05. The van der Waals surface area contributed by atoms with Crippen LogP contribution in [0.5, 0.6) is 0 Å². The lowest BCUT2D eigenvalue weighted by atomic mass is 10.0. The minimum atomic E-state index is -1.29. The van der Waals surface area contributed by atoms with Gasteiger partial charge >= 0.3 is 0 Å². The smallest absolute Gasteiger partial charge is 0.269 e. The number of aromatic nitrogens is 8. The third-order valence-electron chi connectivity index (χ3n) is 10.9. The number of primary amides is 2. The Kier molecular flexibility index (Phi) is 10.1. The van der Waals surface area contributed by atoms with Gasteiger partial charge in [0, 0.05) is 48.0 Å². The first-order valence-corrected chi connectivity index (χ1v) is 19.7. The third-order valence-corrected chi connectivity index (χ3v) is 10.9. The van der Waals surface area contributed by atoms with Crippen LogP contribution in [0, 0.1) is 46.3 Å². The van der Waals surface area contributed by atoms with Crippen LogP contribution < -0.4 is 11.5 Å². The molecule has 64 heavy (non-hydrogen) atoms. The van der Waals surface area contributed by atoms with Crippen LogP contribution in [0.4, 0.5) is 0 Å². The summed E-state index contributed by atoms with van der Waals surface area (Å²) in [6.45, 7) is 0. The lowest BCUT2D eigenvalue weighted by molar-refractivity contribution is 0.0979. The first-order chi connectivity index (χ1) is 31.0. The molecule has 2 aliphatic carbocycles. The van der Waals surface area contributed by atoms with Crippen molar-refractivity contribution in [2.75, 3.05) is 0 Å². The molecule has 2 aromatic carbocycles. The number of pyridine rings is 4. The molecule has 0 bridgehead atoms. The second kappa shape index (κ2) is 16.1. The van der Waals surface area contributed by atoms with Gasteiger partial charge in [-0.15, -0.1) is 0 Å². The van der Waals surface area contributed by atoms with Crippen LogP contribution in [0.25, 0.3) is 33.2 Å². The van der Waals surface area contributed by atoms with Gasteiger partial charge in [0.1, 0.15) is 23.5 Å². The fourth-order valence-corrected chi connectivity index (χ4v) is 7.82. The monoisotopic (exact) mass is 840 g/mol. The van der Waals surface area contributed by atoms with E-state index in [1.165, 1.54) is 21.8 Å². The van der Waals surface area contributed by atoms with Gasteiger partial charge in [-0.3, -0.25) is 19.6 Å². The van der Waals surface area contributed by atoms with E-state index in [2.05, 4.69) is 53.8 Å². The predicted octanol–water partition coefficient (Wildman–Crippen LogP) is 3.94. The Bertz CT molecular complexity index is 3240. The number of nitrogens with zero attached hydrogens (tertiary/aromatic N) is 10. The molecule has 2 atom stereocenters. The SMILES string of the molecule is N#Cc1cc2c(cn1)c(C(N)=O)nn2-c1cccc(C#C[C@@]2(O)CCc3cccnc32)c1.N#Cc1cc2c(cn1)c(C(N)=O)nn2-c1cccc(C#C[C@]2(O)CCc3cccnc32)c1. The first kappa shape index (κ1) is 40.4. The summed E-state index contributed by atoms with van der Waals surface area (Å²) in [6, 6.07) is 29.1. The highest BCUT2D eigenvalue weighted by Gasteiger charge is 2.37. The Morgan fingerprint density at radius 3 is 1.45 bits per heavy atom. The average molecular weight is 841 g/mol. The summed E-state index contributed by atoms with van der Waals surface area (Å²) in [5.41, 5.74) is 15.7. The summed E-state index contributed by atoms with van der Waals surface area (Å²) in [5, 5.41) is 50.0. The molecule has 0 spiro atoms. The summed E-state index contributed by atoms with van der Waals surface area (Å²) >= 11 is 0. The molecule has 8 aromatic rings. The highest BCUT2D eigenvalue weighted by atomic mass is 16.3. The van der Waals surface area contributed by atoms with Crippen LogP contribution >= 0.6 is 0 Å². The molecule has 10 rings (SSSR count). The van der Waals surface area contributed by atoms with Gasteiger partial charge in [0.2, 0.25) is 0 Å². The normalized spacial score (nSPS) is 16.8. The molecule has 308 valence electrons. The van der Waals surface area contributed by atoms with Gasteiger partial charge in [-0.1, -0.05) is 47.9 Å². The average Bonchev–Trinajstić information content (AvgIpc) is 4.09. The zero-order valence-electron chi connectivity index (χ0n) is 33.6. The van der Waals surface area contributed by atoms with E-state index in [4.69, 9.17) is 11.5 Å². The molecule has 0 saturated heterocycles. The number of hydrogen-bond donors (Lipinski definition) is 4. The quantitative estimate of drug-likeness (QED) is 0.184. The zero-order valence-corrected chi connectivity index (χ0v) is 33.6. The van der Waals surface area contributed by atoms with E-state index in [-0.39, 0.29) is 22.8 Å². The van der Waals surface area contributed by atoms with Crippen LogP contribution in [-0.2, 0) is 24.0 Å². The van der Waals surface area contributed by atoms with Gasteiger partial charge < -0.3 is 21.7 Å². The molecular formula is C48H32N12O4. The number of benzene rings is 2. The van der Waals surface area contributed by atoms with Crippen LogP contribution in [0.2, 0.25) is 0 Å². The largest absolute Gasteiger partial charge is 0.372 e. The van der Waals surface area contributed by atoms with Crippen molar-refractivity contribution in [1.82, 2.24) is 39.5 Å². The minimum Gasteiger partial charge on any atom is -0.372 e. The van der Waals surface area contributed by atoms with Crippen molar-refractivity contribution in [3.05, 3.63) is 166 Å². The molecule has 0 saturated carbocycles. The summed E-state index contributed by atoms with van der Waals surface area (Å²) in [5.74, 6) is 10.7. The van der Waals surface area contributed by atoms with Crippen LogP contribution in [-0.4, -0.2) is 61.5 Å². The number of aliphatic hydroxyl groups is 2. The molecule has 2 amide bonds. The number of rotatable bonds is 4. The predicted molar refractivity (Wildman–Crippen MR) is 231 cm³/mol. The molecule has 0 unspecified atom stereocenters. The van der Waals surface area contributed by atoms with Crippen molar-refractivity contribution in [3.63, 3.8) is 0 Å². The van der Waals surface area contributed by atoms with Crippen LogP contribution in [0.15, 0.2) is 110 Å². The van der Waals surface area contributed by atoms with Gasteiger partial charge in [-0.05, 0) is 85.3 Å². The van der Waals surface area contributed by atoms with E-state index < -0.39 is 23.0 Å². The number of carbonyl (C=O) groups excluding carboxylic acids is 2. The van der Waals surface area contributed by atoms with E-state index in [9.17, 15) is 30.3 Å². The fourth-order valence-electron chi connectivity index (χ4n) is 7.82. The number of carbonyl (C=O) groups is 2. The molecule has 0 aliphatic heterocycles. The van der Waals surface area contributed by atoms with Crippen LogP contribution in [0.1, 0.15) is 78.8 Å². The van der Waals surface area contributed by atoms with Crippen molar-refractivity contribution in [3.8, 4) is 47.2 Å². The van der Waals surface area contributed by atoms with E-state index >= 15 is 0 Å². The van der Waals surface area contributed by atoms with E-state index in [1.807, 2.05) is 48.5 Å². The molecule has 6 heterocycles. The molecule has 16 nitrogen and oxygen atoms in total. The van der Waals surface area contributed by atoms with Crippen molar-refractivity contribution in [2.24, 2.45) is 11.5 Å². The van der Waals surface area contributed by atoms with Gasteiger partial charge in [-0.25, -0.2) is 19.3 Å². The van der Waals surface area contributed by atoms with Gasteiger partial charge in [-0.2, -0.15) is 20.7 Å². The van der Waals surface area contributed by atoms with E-state index in [1.54, 1.807) is 60.9 Å². The molecule has 6 aromatic heterocycles. The summed E-state index contributed by atoms with van der Waals surface area (Å²) in [6.07, 6.45) is 8.56. The molecule has 0 fully saturated rings. The lowest BCUT2D eigenvalue weighted by Crippen LogP contribution is -2.20. The number of nitrogens with two attached hydrogens (primary N) is 2. The van der Waals surface area contributed by atoms with Gasteiger partial charge in [0.15, 0.2) is 22.6 Å². The maximum absolute atomic E-state index is 11.9. The summed E-state index contributed by atoms with van der Waals surface area (Å²) < 4.78 is 3.06. The number of hydrogen-bond acceptors (Lipinski definition) is 12. The Balaban J connectivity index is 0.000000162. The second-order valence-electron chi connectivity index (χ2n) is 15.0. The Labute approximate surface area is 364 Å². The van der Waals surface area contributed by atoms with Crippen molar-refractivity contribution < 1.29 is 19.8 Å². The van der Waals surface area contributed by atoms with Gasteiger partial charge in [0.05, 0.1) is 44.6 Å². The summed E-state index contributed by atoms with van der Waals surface area (Å²) in [7, 11) is 0. The third kappa shape index (κ3) is 7.40. The Morgan fingerprint density at radius 2 is 1.05 bits per heavy atom. The Hall–Kier alpha value is -9.06. The lowest BCUT2D eigenvalue weighted by Gasteiger charge is -2.15. The van der Waals surface area contributed by atoms with Crippen molar-refractivity contribution in [1.29, 1.82) is 10.5 Å². The van der Waals surface area contributed by atoms with Crippen LogP contribution in [0.3, 0.4) is 0 Å². The van der Waals surface area contributed by atoms with E-state index in [0.29, 0.717) is 68.5 Å². The van der Waals surface area contributed by atoms with Crippen molar-refractivity contribution >= 4 is 33.6 Å². The molecule has 6 N–H and O–H groups in total. The molecule has 16 heteroatoms. The van der Waals surface area contributed by atoms with Crippen molar-refractivity contribution in [2.45, 2.75) is 36.9 Å². The molecule has 0 radical (unpaired) electrons. The minimum absolute atomic E-state index is 0.0661. The second-order valence-corrected chi connectivity index (χ2v) is 15.0. The molecular weight excluding hydrogens is 809 g/mol. The Morgan fingerprint density at radius 1 is 0.609 bits per heavy atom. The maximum Gasteiger partial charge on any atom is 0.269 e. The standard InChI is InChI=1S/2C24H16N6O2/c2*25-13-17-12-20-19(14-28-17)21(23(26)31)29-30(20)18-5-1-3-15(11-18)6-8-24(32)9-7-16-4-2-10-27-22(16)24/h2*1-5,10-12,14,32H,7,9H2,(H2,26,31)/t2*24-/m10/s1. The molecule has 2 aliphatic rings.